The SMILES string of the molecule is Cc1cc(Oc2ccc3c4cc(C)ccc4n(-c4cc(-n5c6c(C)cc(C(C)C)cc6c6cc(C(C)C)cc(C)c65)ccn4)c3c2)cc(-n2nnc(C)c2C)c1. The minimum atomic E-state index is 0.432. The largest absolute Gasteiger partial charge is 0.457 e. The van der Waals surface area contributed by atoms with Crippen LogP contribution in [-0.2, 0) is 0 Å². The topological polar surface area (TPSA) is 62.7 Å². The lowest BCUT2D eigenvalue weighted by Gasteiger charge is -2.15. The number of aromatic nitrogens is 6. The highest BCUT2D eigenvalue weighted by atomic mass is 16.5. The molecule has 0 saturated heterocycles. The lowest BCUT2D eigenvalue weighted by atomic mass is 9.95. The summed E-state index contributed by atoms with van der Waals surface area (Å²) in [5, 5.41) is 13.6. The Morgan fingerprint density at radius 1 is 0.536 bits per heavy atom. The third-order valence-corrected chi connectivity index (χ3v) is 11.5. The van der Waals surface area contributed by atoms with Gasteiger partial charge in [0.15, 0.2) is 0 Å². The fourth-order valence-corrected chi connectivity index (χ4v) is 8.45. The van der Waals surface area contributed by atoms with Crippen molar-refractivity contribution in [2.75, 3.05) is 0 Å². The van der Waals surface area contributed by atoms with Gasteiger partial charge in [-0.15, -0.1) is 5.10 Å². The summed E-state index contributed by atoms with van der Waals surface area (Å²) in [6.45, 7) is 21.9. The Kier molecular flexibility index (Phi) is 8.38. The van der Waals surface area contributed by atoms with E-state index in [0.717, 1.165) is 62.1 Å². The average molecular weight is 737 g/mol. The zero-order valence-electron chi connectivity index (χ0n) is 34.0. The Labute approximate surface area is 328 Å². The number of aryl methyl sites for hydroxylation is 5. The van der Waals surface area contributed by atoms with Gasteiger partial charge in [-0.3, -0.25) is 4.57 Å². The van der Waals surface area contributed by atoms with E-state index in [4.69, 9.17) is 9.72 Å². The van der Waals surface area contributed by atoms with Crippen LogP contribution in [0.5, 0.6) is 11.5 Å². The Hall–Kier alpha value is -6.21. The molecule has 0 atom stereocenters. The van der Waals surface area contributed by atoms with E-state index in [-0.39, 0.29) is 0 Å². The summed E-state index contributed by atoms with van der Waals surface area (Å²) in [7, 11) is 0. The average Bonchev–Trinajstić information content (AvgIpc) is 3.80. The number of fused-ring (bicyclic) bond motifs is 6. The Bertz CT molecular complexity index is 2960. The molecule has 0 saturated carbocycles. The fourth-order valence-electron chi connectivity index (χ4n) is 8.45. The molecule has 0 spiro atoms. The van der Waals surface area contributed by atoms with Crippen LogP contribution in [0.4, 0.5) is 0 Å². The number of rotatable bonds is 7. The summed E-state index contributed by atoms with van der Waals surface area (Å²) < 4.78 is 13.3. The molecule has 0 fully saturated rings. The molecule has 7 heteroatoms. The van der Waals surface area contributed by atoms with Crippen molar-refractivity contribution in [1.82, 2.24) is 29.1 Å². The molecule has 0 aliphatic rings. The predicted molar refractivity (Wildman–Crippen MR) is 231 cm³/mol. The molecular formula is C49H48N6O. The van der Waals surface area contributed by atoms with Gasteiger partial charge in [-0.2, -0.15) is 0 Å². The molecule has 0 bridgehead atoms. The number of hydrogen-bond donors (Lipinski definition) is 0. The first-order valence-electron chi connectivity index (χ1n) is 19.7. The number of nitrogens with zero attached hydrogens (tertiary/aromatic N) is 6. The molecule has 0 amide bonds. The molecule has 56 heavy (non-hydrogen) atoms. The molecule has 9 rings (SSSR count). The van der Waals surface area contributed by atoms with Crippen LogP contribution < -0.4 is 4.74 Å². The van der Waals surface area contributed by atoms with Crippen LogP contribution in [0, 0.1) is 41.5 Å². The van der Waals surface area contributed by atoms with E-state index in [1.807, 2.05) is 30.8 Å². The quantitative estimate of drug-likeness (QED) is 0.163. The van der Waals surface area contributed by atoms with Crippen molar-refractivity contribution < 1.29 is 4.74 Å². The molecular weight excluding hydrogens is 689 g/mol. The van der Waals surface area contributed by atoms with Crippen LogP contribution in [0.25, 0.3) is 60.8 Å². The lowest BCUT2D eigenvalue weighted by molar-refractivity contribution is 0.482. The Morgan fingerprint density at radius 3 is 1.88 bits per heavy atom. The van der Waals surface area contributed by atoms with Crippen molar-refractivity contribution in [3.63, 3.8) is 0 Å². The number of benzene rings is 5. The summed E-state index contributed by atoms with van der Waals surface area (Å²) in [6, 6.07) is 33.2. The minimum Gasteiger partial charge on any atom is -0.457 e. The molecule has 5 aromatic carbocycles. The van der Waals surface area contributed by atoms with E-state index in [1.54, 1.807) is 0 Å². The standard InChI is InChI=1S/C49H48N6O/c1-27(2)35-20-31(7)48-43(22-35)44-23-36(28(3)4)21-32(8)49(44)53(48)37-15-16-50-47(25-37)54-45-14-11-29(5)19-42(45)41-13-12-39(26-46(41)54)56-40-18-30(6)17-38(24-40)55-34(10)33(9)51-52-55/h11-28H,1-10H3. The first-order chi connectivity index (χ1) is 26.9. The van der Waals surface area contributed by atoms with Gasteiger partial charge in [0.1, 0.15) is 17.3 Å². The second kappa shape index (κ2) is 13.2. The zero-order valence-corrected chi connectivity index (χ0v) is 34.0. The maximum Gasteiger partial charge on any atom is 0.139 e. The molecule has 4 heterocycles. The maximum absolute atomic E-state index is 6.65. The normalized spacial score (nSPS) is 12.1. The molecule has 9 aromatic rings. The van der Waals surface area contributed by atoms with E-state index in [0.29, 0.717) is 11.8 Å². The van der Waals surface area contributed by atoms with Gasteiger partial charge in [0.25, 0.3) is 0 Å². The van der Waals surface area contributed by atoms with Crippen molar-refractivity contribution in [2.24, 2.45) is 0 Å². The number of ether oxygens (including phenoxy) is 1. The molecule has 7 nitrogen and oxygen atoms in total. The third kappa shape index (κ3) is 5.76. The molecule has 4 aromatic heterocycles. The summed E-state index contributed by atoms with van der Waals surface area (Å²) in [4.78, 5) is 5.07. The van der Waals surface area contributed by atoms with Gasteiger partial charge >= 0.3 is 0 Å². The van der Waals surface area contributed by atoms with Crippen LogP contribution in [0.15, 0.2) is 97.2 Å². The molecule has 0 aliphatic carbocycles. The smallest absolute Gasteiger partial charge is 0.139 e. The van der Waals surface area contributed by atoms with Crippen molar-refractivity contribution >= 4 is 43.6 Å². The van der Waals surface area contributed by atoms with Gasteiger partial charge in [-0.1, -0.05) is 56.7 Å². The zero-order chi connectivity index (χ0) is 39.2. The fraction of sp³-hybridized carbons (Fsp3) is 0.245. The van der Waals surface area contributed by atoms with Crippen LogP contribution in [0.1, 0.15) is 84.3 Å². The van der Waals surface area contributed by atoms with Gasteiger partial charge < -0.3 is 9.30 Å². The molecule has 0 radical (unpaired) electrons. The lowest BCUT2D eigenvalue weighted by Crippen LogP contribution is -2.03. The molecule has 280 valence electrons. The number of hydrogen-bond acceptors (Lipinski definition) is 4. The predicted octanol–water partition coefficient (Wildman–Crippen LogP) is 12.7. The number of pyridine rings is 1. The first kappa shape index (κ1) is 35.5. The third-order valence-electron chi connectivity index (χ3n) is 11.5. The van der Waals surface area contributed by atoms with Crippen molar-refractivity contribution in [1.29, 1.82) is 0 Å². The van der Waals surface area contributed by atoms with Crippen molar-refractivity contribution in [3.8, 4) is 28.7 Å². The van der Waals surface area contributed by atoms with Gasteiger partial charge in [0, 0.05) is 45.9 Å². The van der Waals surface area contributed by atoms with E-state index in [9.17, 15) is 0 Å². The molecule has 0 N–H and O–H groups in total. The van der Waals surface area contributed by atoms with Gasteiger partial charge in [-0.25, -0.2) is 9.67 Å². The van der Waals surface area contributed by atoms with E-state index >= 15 is 0 Å². The van der Waals surface area contributed by atoms with Gasteiger partial charge in [-0.05, 0) is 136 Å². The van der Waals surface area contributed by atoms with E-state index in [2.05, 4.69) is 160 Å². The monoisotopic (exact) mass is 736 g/mol. The van der Waals surface area contributed by atoms with Crippen LogP contribution >= 0.6 is 0 Å². The van der Waals surface area contributed by atoms with Crippen LogP contribution in [-0.4, -0.2) is 29.1 Å². The van der Waals surface area contributed by atoms with Crippen molar-refractivity contribution in [2.45, 2.75) is 81.1 Å². The minimum absolute atomic E-state index is 0.432. The van der Waals surface area contributed by atoms with Crippen LogP contribution in [0.2, 0.25) is 0 Å². The molecule has 0 unspecified atom stereocenters. The van der Waals surface area contributed by atoms with Gasteiger partial charge in [0.05, 0.1) is 44.8 Å². The summed E-state index contributed by atoms with van der Waals surface area (Å²) in [5.74, 6) is 3.20. The highest BCUT2D eigenvalue weighted by Crippen LogP contribution is 2.41. The highest BCUT2D eigenvalue weighted by Gasteiger charge is 2.21. The summed E-state index contributed by atoms with van der Waals surface area (Å²) >= 11 is 0. The van der Waals surface area contributed by atoms with E-state index < -0.39 is 0 Å². The van der Waals surface area contributed by atoms with Crippen molar-refractivity contribution in [3.05, 3.63) is 142 Å². The second-order valence-electron chi connectivity index (χ2n) is 16.3. The first-order valence-corrected chi connectivity index (χ1v) is 19.7. The highest BCUT2D eigenvalue weighted by molar-refractivity contribution is 6.12. The molecule has 0 aliphatic heterocycles. The summed E-state index contributed by atoms with van der Waals surface area (Å²) in [6.07, 6.45) is 1.95. The maximum atomic E-state index is 6.65. The van der Waals surface area contributed by atoms with Crippen LogP contribution in [0.3, 0.4) is 0 Å². The summed E-state index contributed by atoms with van der Waals surface area (Å²) in [5.41, 5.74) is 16.1. The van der Waals surface area contributed by atoms with Gasteiger partial charge in [0.2, 0.25) is 0 Å². The Morgan fingerprint density at radius 2 is 1.23 bits per heavy atom. The van der Waals surface area contributed by atoms with E-state index in [1.165, 1.54) is 55.0 Å². The second-order valence-corrected chi connectivity index (χ2v) is 16.3. The Balaban J connectivity index is 1.24.